The zero-order chi connectivity index (χ0) is 16.5. The highest BCUT2D eigenvalue weighted by molar-refractivity contribution is 7.08. The van der Waals surface area contributed by atoms with Gasteiger partial charge < -0.3 is 5.32 Å². The average Bonchev–Trinajstić information content (AvgIpc) is 3.24. The zero-order valence-electron chi connectivity index (χ0n) is 13.5. The first-order valence-corrected chi connectivity index (χ1v) is 8.70. The van der Waals surface area contributed by atoms with Crippen LogP contribution in [0, 0.1) is 13.8 Å². The van der Waals surface area contributed by atoms with E-state index >= 15 is 0 Å². The number of aromatic amines is 1. The van der Waals surface area contributed by atoms with Gasteiger partial charge in [-0.05, 0) is 37.4 Å². The Labute approximate surface area is 143 Å². The molecule has 0 bridgehead atoms. The summed E-state index contributed by atoms with van der Waals surface area (Å²) in [6, 6.07) is 10.1. The van der Waals surface area contributed by atoms with Crippen molar-refractivity contribution in [2.45, 2.75) is 20.4 Å². The Morgan fingerprint density at radius 1 is 1.12 bits per heavy atom. The minimum atomic E-state index is 0.679. The Bertz CT molecular complexity index is 968. The third-order valence-electron chi connectivity index (χ3n) is 4.10. The number of H-pyrrole nitrogens is 1. The highest BCUT2D eigenvalue weighted by Gasteiger charge is 2.11. The maximum atomic E-state index is 4.76. The predicted octanol–water partition coefficient (Wildman–Crippen LogP) is 4.31. The largest absolute Gasteiger partial charge is 0.365 e. The number of aryl methyl sites for hydroxylation is 2. The third kappa shape index (κ3) is 2.65. The minimum Gasteiger partial charge on any atom is -0.365 e. The molecule has 0 fully saturated rings. The first-order chi connectivity index (χ1) is 11.7. The number of thiophene rings is 1. The van der Waals surface area contributed by atoms with Gasteiger partial charge >= 0.3 is 0 Å². The molecule has 120 valence electrons. The smallest absolute Gasteiger partial charge is 0.162 e. The Kier molecular flexibility index (Phi) is 3.74. The molecule has 24 heavy (non-hydrogen) atoms. The van der Waals surface area contributed by atoms with E-state index in [9.17, 15) is 0 Å². The van der Waals surface area contributed by atoms with Crippen molar-refractivity contribution in [3.8, 4) is 11.4 Å². The lowest BCUT2D eigenvalue weighted by Crippen LogP contribution is -2.05. The normalized spacial score (nSPS) is 11.1. The number of nitrogens with one attached hydrogen (secondary N) is 2. The fraction of sp³-hybridized carbons (Fsp3) is 0.167. The lowest BCUT2D eigenvalue weighted by molar-refractivity contribution is 1.02. The van der Waals surface area contributed by atoms with Crippen LogP contribution >= 0.6 is 11.3 Å². The number of hydrogen-bond acceptors (Lipinski definition) is 5. The van der Waals surface area contributed by atoms with E-state index in [4.69, 9.17) is 9.97 Å². The van der Waals surface area contributed by atoms with Gasteiger partial charge in [-0.3, -0.25) is 5.10 Å². The van der Waals surface area contributed by atoms with Gasteiger partial charge in [0.05, 0.1) is 11.2 Å². The van der Waals surface area contributed by atoms with E-state index in [-0.39, 0.29) is 0 Å². The predicted molar refractivity (Wildman–Crippen MR) is 98.2 cm³/mol. The second-order valence-electron chi connectivity index (χ2n) is 5.69. The van der Waals surface area contributed by atoms with Crippen LogP contribution in [0.2, 0.25) is 0 Å². The first-order valence-electron chi connectivity index (χ1n) is 7.76. The van der Waals surface area contributed by atoms with Crippen LogP contribution < -0.4 is 5.32 Å². The maximum absolute atomic E-state index is 4.76. The lowest BCUT2D eigenvalue weighted by Gasteiger charge is -2.10. The molecule has 2 N–H and O–H groups in total. The molecule has 0 aliphatic carbocycles. The average molecular weight is 335 g/mol. The lowest BCUT2D eigenvalue weighted by atomic mass is 10.2. The van der Waals surface area contributed by atoms with Crippen molar-refractivity contribution in [3.63, 3.8) is 0 Å². The molecule has 0 saturated heterocycles. The van der Waals surface area contributed by atoms with Crippen LogP contribution in [0.4, 0.5) is 5.82 Å². The molecule has 6 heteroatoms. The Morgan fingerprint density at radius 3 is 2.75 bits per heavy atom. The van der Waals surface area contributed by atoms with Crippen molar-refractivity contribution in [1.82, 2.24) is 20.2 Å². The van der Waals surface area contributed by atoms with E-state index in [1.54, 1.807) is 11.3 Å². The van der Waals surface area contributed by atoms with E-state index < -0.39 is 0 Å². The monoisotopic (exact) mass is 335 g/mol. The summed E-state index contributed by atoms with van der Waals surface area (Å²) in [6.07, 6.45) is 0. The van der Waals surface area contributed by atoms with Crippen LogP contribution in [-0.4, -0.2) is 20.2 Å². The van der Waals surface area contributed by atoms with Gasteiger partial charge in [0.2, 0.25) is 0 Å². The molecular weight excluding hydrogens is 318 g/mol. The van der Waals surface area contributed by atoms with Gasteiger partial charge in [0.25, 0.3) is 0 Å². The maximum Gasteiger partial charge on any atom is 0.162 e. The molecule has 0 saturated carbocycles. The topological polar surface area (TPSA) is 66.5 Å². The highest BCUT2D eigenvalue weighted by atomic mass is 32.1. The third-order valence-corrected chi connectivity index (χ3v) is 4.78. The number of para-hydroxylation sites is 1. The van der Waals surface area contributed by atoms with Crippen molar-refractivity contribution in [1.29, 1.82) is 0 Å². The number of anilines is 1. The van der Waals surface area contributed by atoms with Gasteiger partial charge in [-0.2, -0.15) is 16.4 Å². The van der Waals surface area contributed by atoms with Crippen LogP contribution in [0.5, 0.6) is 0 Å². The molecule has 0 atom stereocenters. The van der Waals surface area contributed by atoms with Crippen LogP contribution in [0.3, 0.4) is 0 Å². The Morgan fingerprint density at radius 2 is 2.00 bits per heavy atom. The molecule has 0 radical (unpaired) electrons. The number of aromatic nitrogens is 4. The van der Waals surface area contributed by atoms with Crippen LogP contribution in [0.15, 0.2) is 41.1 Å². The fourth-order valence-electron chi connectivity index (χ4n) is 2.74. The number of hydrogen-bond donors (Lipinski definition) is 2. The zero-order valence-corrected chi connectivity index (χ0v) is 14.3. The standard InChI is InChI=1S/C18H17N5S/c1-11-15(12(2)23-22-11)9-19-18-14-5-3-4-6-16(14)20-17(21-18)13-7-8-24-10-13/h3-8,10H,9H2,1-2H3,(H,22,23)(H,19,20,21). The highest BCUT2D eigenvalue weighted by Crippen LogP contribution is 2.26. The first kappa shape index (κ1) is 14.8. The van der Waals surface area contributed by atoms with Crippen molar-refractivity contribution < 1.29 is 0 Å². The number of nitrogens with zero attached hydrogens (tertiary/aromatic N) is 3. The van der Waals surface area contributed by atoms with Gasteiger partial charge in [0.15, 0.2) is 5.82 Å². The molecule has 5 nitrogen and oxygen atoms in total. The molecule has 4 aromatic rings. The Hall–Kier alpha value is -2.73. The van der Waals surface area contributed by atoms with Gasteiger partial charge in [-0.25, -0.2) is 9.97 Å². The molecule has 0 amide bonds. The second kappa shape index (κ2) is 6.05. The van der Waals surface area contributed by atoms with Crippen molar-refractivity contribution in [2.24, 2.45) is 0 Å². The summed E-state index contributed by atoms with van der Waals surface area (Å²) in [5.74, 6) is 1.60. The summed E-state index contributed by atoms with van der Waals surface area (Å²) in [7, 11) is 0. The second-order valence-corrected chi connectivity index (χ2v) is 6.47. The number of benzene rings is 1. The number of rotatable bonds is 4. The summed E-state index contributed by atoms with van der Waals surface area (Å²) in [5, 5.41) is 15.9. The van der Waals surface area contributed by atoms with Crippen LogP contribution in [0.1, 0.15) is 17.0 Å². The SMILES string of the molecule is Cc1n[nH]c(C)c1CNc1nc(-c2ccsc2)nc2ccccc12. The fourth-order valence-corrected chi connectivity index (χ4v) is 3.37. The van der Waals surface area contributed by atoms with E-state index in [2.05, 4.69) is 20.9 Å². The molecule has 1 aromatic carbocycles. The molecule has 0 unspecified atom stereocenters. The summed E-state index contributed by atoms with van der Waals surface area (Å²) < 4.78 is 0. The quantitative estimate of drug-likeness (QED) is 0.583. The van der Waals surface area contributed by atoms with Gasteiger partial charge in [-0.15, -0.1) is 0 Å². The molecule has 3 heterocycles. The van der Waals surface area contributed by atoms with Crippen LogP contribution in [-0.2, 0) is 6.54 Å². The summed E-state index contributed by atoms with van der Waals surface area (Å²) >= 11 is 1.65. The van der Waals surface area contributed by atoms with Gasteiger partial charge in [-0.1, -0.05) is 12.1 Å². The van der Waals surface area contributed by atoms with Crippen molar-refractivity contribution >= 4 is 28.1 Å². The molecule has 4 rings (SSSR count). The van der Waals surface area contributed by atoms with E-state index in [1.807, 2.05) is 49.6 Å². The van der Waals surface area contributed by atoms with Crippen molar-refractivity contribution in [3.05, 3.63) is 58.0 Å². The van der Waals surface area contributed by atoms with E-state index in [0.717, 1.165) is 39.5 Å². The molecule has 3 aromatic heterocycles. The van der Waals surface area contributed by atoms with E-state index in [1.165, 1.54) is 5.56 Å². The van der Waals surface area contributed by atoms with Crippen molar-refractivity contribution in [2.75, 3.05) is 5.32 Å². The number of fused-ring (bicyclic) bond motifs is 1. The molecule has 0 spiro atoms. The minimum absolute atomic E-state index is 0.679. The summed E-state index contributed by atoms with van der Waals surface area (Å²) in [5.41, 5.74) is 5.25. The van der Waals surface area contributed by atoms with Gasteiger partial charge in [0.1, 0.15) is 5.82 Å². The Balaban J connectivity index is 1.76. The van der Waals surface area contributed by atoms with Crippen LogP contribution in [0.25, 0.3) is 22.3 Å². The molecule has 0 aliphatic heterocycles. The molecule has 0 aliphatic rings. The van der Waals surface area contributed by atoms with Gasteiger partial charge in [0, 0.05) is 34.1 Å². The summed E-state index contributed by atoms with van der Waals surface area (Å²) in [6.45, 7) is 4.72. The summed E-state index contributed by atoms with van der Waals surface area (Å²) in [4.78, 5) is 9.45. The van der Waals surface area contributed by atoms with E-state index in [0.29, 0.717) is 6.54 Å². The molecular formula is C18H17N5S.